The van der Waals surface area contributed by atoms with Crippen LogP contribution in [-0.2, 0) is 14.4 Å². The van der Waals surface area contributed by atoms with Gasteiger partial charge in [0, 0.05) is 4.90 Å². The lowest BCUT2D eigenvalue weighted by Crippen LogP contribution is -2.40. The molecular formula is C12H11F2NO5S. The molecule has 1 rings (SSSR count). The highest BCUT2D eigenvalue weighted by atomic mass is 32.2. The second-order valence-electron chi connectivity index (χ2n) is 3.90. The lowest BCUT2D eigenvalue weighted by Gasteiger charge is -2.18. The van der Waals surface area contributed by atoms with E-state index in [4.69, 9.17) is 10.2 Å². The van der Waals surface area contributed by atoms with E-state index in [2.05, 4.69) is 0 Å². The number of carbonyl (C=O) groups is 3. The van der Waals surface area contributed by atoms with Gasteiger partial charge in [0.25, 0.3) is 0 Å². The van der Waals surface area contributed by atoms with Gasteiger partial charge in [-0.15, -0.1) is 11.8 Å². The number of aliphatic carboxylic acids is 2. The van der Waals surface area contributed by atoms with Crippen LogP contribution in [0.15, 0.2) is 23.1 Å². The van der Waals surface area contributed by atoms with E-state index in [-0.39, 0.29) is 10.6 Å². The molecule has 0 aliphatic heterocycles. The number of hydrogen-bond acceptors (Lipinski definition) is 4. The molecular weight excluding hydrogens is 308 g/mol. The number of rotatable bonds is 7. The summed E-state index contributed by atoms with van der Waals surface area (Å²) in [5, 5.41) is 17.2. The van der Waals surface area contributed by atoms with Crippen LogP contribution < -0.4 is 0 Å². The van der Waals surface area contributed by atoms with Gasteiger partial charge in [0.05, 0.1) is 5.75 Å². The maximum Gasteiger partial charge on any atom is 0.323 e. The van der Waals surface area contributed by atoms with Crippen molar-refractivity contribution in [3.63, 3.8) is 0 Å². The molecule has 2 N–H and O–H groups in total. The third kappa shape index (κ3) is 5.78. The van der Waals surface area contributed by atoms with Gasteiger partial charge in [-0.25, -0.2) is 8.78 Å². The average molecular weight is 319 g/mol. The molecule has 0 aliphatic rings. The van der Waals surface area contributed by atoms with Crippen LogP contribution in [0.25, 0.3) is 0 Å². The molecule has 0 saturated heterocycles. The van der Waals surface area contributed by atoms with Gasteiger partial charge in [-0.3, -0.25) is 14.4 Å². The molecule has 0 radical (unpaired) electrons. The first-order valence-electron chi connectivity index (χ1n) is 5.59. The van der Waals surface area contributed by atoms with E-state index in [1.54, 1.807) is 0 Å². The van der Waals surface area contributed by atoms with Crippen LogP contribution in [0, 0.1) is 11.6 Å². The van der Waals surface area contributed by atoms with E-state index in [0.717, 1.165) is 23.9 Å². The van der Waals surface area contributed by atoms with Gasteiger partial charge in [-0.05, 0) is 18.2 Å². The molecule has 21 heavy (non-hydrogen) atoms. The predicted octanol–water partition coefficient (Wildman–Crippen LogP) is 1.05. The highest BCUT2D eigenvalue weighted by molar-refractivity contribution is 8.00. The van der Waals surface area contributed by atoms with Crippen molar-refractivity contribution in [1.82, 2.24) is 4.90 Å². The van der Waals surface area contributed by atoms with Crippen LogP contribution in [0.4, 0.5) is 8.78 Å². The Labute approximate surface area is 122 Å². The highest BCUT2D eigenvalue weighted by Crippen LogP contribution is 2.20. The second kappa shape index (κ2) is 7.58. The fourth-order valence-corrected chi connectivity index (χ4v) is 2.19. The van der Waals surface area contributed by atoms with Gasteiger partial charge < -0.3 is 15.1 Å². The van der Waals surface area contributed by atoms with Crippen molar-refractivity contribution >= 4 is 29.6 Å². The molecule has 0 saturated carbocycles. The van der Waals surface area contributed by atoms with Crippen molar-refractivity contribution in [1.29, 1.82) is 0 Å². The summed E-state index contributed by atoms with van der Waals surface area (Å²) < 4.78 is 25.7. The van der Waals surface area contributed by atoms with Gasteiger partial charge >= 0.3 is 11.9 Å². The normalized spacial score (nSPS) is 10.2. The van der Waals surface area contributed by atoms with Crippen LogP contribution in [0.3, 0.4) is 0 Å². The summed E-state index contributed by atoms with van der Waals surface area (Å²) in [4.78, 5) is 33.8. The lowest BCUT2D eigenvalue weighted by molar-refractivity contribution is -0.148. The Morgan fingerprint density at radius 1 is 1.05 bits per heavy atom. The Kier molecular flexibility index (Phi) is 6.10. The van der Waals surface area contributed by atoms with E-state index in [1.807, 2.05) is 0 Å². The minimum Gasteiger partial charge on any atom is -0.480 e. The molecule has 0 aliphatic carbocycles. The zero-order chi connectivity index (χ0) is 16.0. The zero-order valence-corrected chi connectivity index (χ0v) is 11.4. The molecule has 6 nitrogen and oxygen atoms in total. The first-order chi connectivity index (χ1) is 9.79. The van der Waals surface area contributed by atoms with Crippen LogP contribution in [-0.4, -0.2) is 51.8 Å². The number of carbonyl (C=O) groups excluding carboxylic acids is 1. The number of nitrogens with zero attached hydrogens (tertiary/aromatic N) is 1. The number of benzene rings is 1. The van der Waals surface area contributed by atoms with Crippen LogP contribution >= 0.6 is 11.8 Å². The van der Waals surface area contributed by atoms with Crippen molar-refractivity contribution in [3.8, 4) is 0 Å². The third-order valence-electron chi connectivity index (χ3n) is 2.26. The van der Waals surface area contributed by atoms with Gasteiger partial charge in [0.15, 0.2) is 11.6 Å². The number of amides is 1. The fraction of sp³-hybridized carbons (Fsp3) is 0.250. The second-order valence-corrected chi connectivity index (χ2v) is 4.95. The van der Waals surface area contributed by atoms with Gasteiger partial charge in [-0.2, -0.15) is 0 Å². The maximum atomic E-state index is 13.0. The summed E-state index contributed by atoms with van der Waals surface area (Å²) in [6.07, 6.45) is 0. The van der Waals surface area contributed by atoms with E-state index in [1.165, 1.54) is 6.07 Å². The fourth-order valence-electron chi connectivity index (χ4n) is 1.36. The first kappa shape index (κ1) is 16.9. The minimum absolute atomic E-state index is 0.271. The summed E-state index contributed by atoms with van der Waals surface area (Å²) in [7, 11) is 0. The molecule has 114 valence electrons. The number of thioether (sulfide) groups is 1. The number of carboxylic acids is 2. The molecule has 0 aromatic heterocycles. The summed E-state index contributed by atoms with van der Waals surface area (Å²) in [5.41, 5.74) is 0. The molecule has 0 heterocycles. The lowest BCUT2D eigenvalue weighted by atomic mass is 10.3. The van der Waals surface area contributed by atoms with Crippen molar-refractivity contribution in [2.45, 2.75) is 4.90 Å². The topological polar surface area (TPSA) is 94.9 Å². The minimum atomic E-state index is -1.34. The quantitative estimate of drug-likeness (QED) is 0.730. The SMILES string of the molecule is O=C(O)CN(CC(=O)O)C(=O)CSc1ccc(F)c(F)c1. The standard InChI is InChI=1S/C12H11F2NO5S/c13-8-2-1-7(3-9(8)14)21-6-10(16)15(4-11(17)18)5-12(19)20/h1-3H,4-6H2,(H,17,18)(H,19,20). The monoisotopic (exact) mass is 319 g/mol. The van der Waals surface area contributed by atoms with Crippen molar-refractivity contribution < 1.29 is 33.4 Å². The zero-order valence-electron chi connectivity index (χ0n) is 10.6. The van der Waals surface area contributed by atoms with Crippen molar-refractivity contribution in [3.05, 3.63) is 29.8 Å². The Morgan fingerprint density at radius 2 is 1.62 bits per heavy atom. The third-order valence-corrected chi connectivity index (χ3v) is 3.24. The highest BCUT2D eigenvalue weighted by Gasteiger charge is 2.19. The molecule has 9 heteroatoms. The molecule has 0 unspecified atom stereocenters. The van der Waals surface area contributed by atoms with Crippen molar-refractivity contribution in [2.24, 2.45) is 0 Å². The smallest absolute Gasteiger partial charge is 0.323 e. The predicted molar refractivity (Wildman–Crippen MR) is 68.9 cm³/mol. The molecule has 0 atom stereocenters. The molecule has 1 amide bonds. The Morgan fingerprint density at radius 3 is 2.10 bits per heavy atom. The summed E-state index contributed by atoms with van der Waals surface area (Å²) >= 11 is 0.850. The number of hydrogen-bond donors (Lipinski definition) is 2. The van der Waals surface area contributed by atoms with Crippen LogP contribution in [0.2, 0.25) is 0 Å². The molecule has 1 aromatic rings. The van der Waals surface area contributed by atoms with Crippen molar-refractivity contribution in [2.75, 3.05) is 18.8 Å². The molecule has 0 fully saturated rings. The molecule has 0 bridgehead atoms. The number of carboxylic acid groups (broad SMARTS) is 2. The Balaban J connectivity index is 2.65. The maximum absolute atomic E-state index is 13.0. The van der Waals surface area contributed by atoms with Gasteiger partial charge in [0.1, 0.15) is 13.1 Å². The Bertz CT molecular complexity index is 551. The van der Waals surface area contributed by atoms with Gasteiger partial charge in [0.2, 0.25) is 5.91 Å². The van der Waals surface area contributed by atoms with E-state index in [0.29, 0.717) is 4.90 Å². The van der Waals surface area contributed by atoms with Gasteiger partial charge in [-0.1, -0.05) is 0 Å². The summed E-state index contributed by atoms with van der Waals surface area (Å²) in [6.45, 7) is -1.49. The summed E-state index contributed by atoms with van der Waals surface area (Å²) in [6, 6.07) is 3.05. The number of halogens is 2. The summed E-state index contributed by atoms with van der Waals surface area (Å²) in [5.74, 6) is -5.80. The van der Waals surface area contributed by atoms with Crippen LogP contribution in [0.1, 0.15) is 0 Å². The Hall–Kier alpha value is -2.16. The van der Waals surface area contributed by atoms with Crippen LogP contribution in [0.5, 0.6) is 0 Å². The van der Waals surface area contributed by atoms with E-state index in [9.17, 15) is 23.2 Å². The molecule has 1 aromatic carbocycles. The molecule has 0 spiro atoms. The largest absolute Gasteiger partial charge is 0.480 e. The van der Waals surface area contributed by atoms with E-state index < -0.39 is 42.6 Å². The van der Waals surface area contributed by atoms with E-state index >= 15 is 0 Å². The first-order valence-corrected chi connectivity index (χ1v) is 6.57. The average Bonchev–Trinajstić information content (AvgIpc) is 2.38.